The van der Waals surface area contributed by atoms with Crippen molar-refractivity contribution in [3.63, 3.8) is 0 Å². The second-order valence-corrected chi connectivity index (χ2v) is 4.87. The molecule has 0 unspecified atom stereocenters. The van der Waals surface area contributed by atoms with Crippen LogP contribution in [0.4, 0.5) is 5.69 Å². The largest absolute Gasteiger partial charge is 0.439 e. The zero-order valence-corrected chi connectivity index (χ0v) is 12.0. The van der Waals surface area contributed by atoms with Crippen LogP contribution in [0.3, 0.4) is 0 Å². The van der Waals surface area contributed by atoms with Gasteiger partial charge in [-0.05, 0) is 19.0 Å². The highest BCUT2D eigenvalue weighted by atomic mass is 16.6. The second kappa shape index (κ2) is 7.14. The molecule has 1 heterocycles. The standard InChI is InChI=1S/C14H19N3O4/c1-2-3-6-16(7-8-18)10-14-15-12-9-11(17(19)20)4-5-13(12)21-14/h4-5,9,18H,2-3,6-8,10H2,1H3. The predicted octanol–water partition coefficient (Wildman–Crippen LogP) is 2.33. The highest BCUT2D eigenvalue weighted by Crippen LogP contribution is 2.22. The quantitative estimate of drug-likeness (QED) is 0.593. The molecule has 0 saturated carbocycles. The Hall–Kier alpha value is -1.99. The van der Waals surface area contributed by atoms with E-state index in [2.05, 4.69) is 16.8 Å². The van der Waals surface area contributed by atoms with Crippen molar-refractivity contribution < 1.29 is 14.4 Å². The number of benzene rings is 1. The number of aliphatic hydroxyl groups is 1. The van der Waals surface area contributed by atoms with Gasteiger partial charge >= 0.3 is 0 Å². The SMILES string of the molecule is CCCCN(CCO)Cc1nc2cc([N+](=O)[O-])ccc2o1. The molecule has 0 radical (unpaired) electrons. The molecule has 0 aliphatic rings. The summed E-state index contributed by atoms with van der Waals surface area (Å²) >= 11 is 0. The molecule has 0 aliphatic heterocycles. The number of oxazole rings is 1. The minimum Gasteiger partial charge on any atom is -0.439 e. The van der Waals surface area contributed by atoms with Crippen molar-refractivity contribution in [3.05, 3.63) is 34.2 Å². The first kappa shape index (κ1) is 15.4. The van der Waals surface area contributed by atoms with Crippen LogP contribution < -0.4 is 0 Å². The van der Waals surface area contributed by atoms with Crippen LogP contribution in [0, 0.1) is 10.1 Å². The van der Waals surface area contributed by atoms with E-state index in [0.29, 0.717) is 30.1 Å². The van der Waals surface area contributed by atoms with Crippen LogP contribution in [0.15, 0.2) is 22.6 Å². The summed E-state index contributed by atoms with van der Waals surface area (Å²) < 4.78 is 5.60. The van der Waals surface area contributed by atoms with Gasteiger partial charge < -0.3 is 9.52 Å². The van der Waals surface area contributed by atoms with Crippen LogP contribution >= 0.6 is 0 Å². The van der Waals surface area contributed by atoms with Crippen LogP contribution in [0.1, 0.15) is 25.7 Å². The van der Waals surface area contributed by atoms with E-state index in [4.69, 9.17) is 9.52 Å². The Morgan fingerprint density at radius 1 is 1.43 bits per heavy atom. The van der Waals surface area contributed by atoms with Crippen molar-refractivity contribution in [2.45, 2.75) is 26.3 Å². The number of aromatic nitrogens is 1. The zero-order chi connectivity index (χ0) is 15.2. The third-order valence-corrected chi connectivity index (χ3v) is 3.23. The van der Waals surface area contributed by atoms with Gasteiger partial charge in [-0.2, -0.15) is 0 Å². The maximum Gasteiger partial charge on any atom is 0.271 e. The van der Waals surface area contributed by atoms with E-state index in [1.807, 2.05) is 0 Å². The van der Waals surface area contributed by atoms with Gasteiger partial charge in [0, 0.05) is 18.7 Å². The first-order chi connectivity index (χ1) is 10.1. The number of hydrogen-bond donors (Lipinski definition) is 1. The number of nitro groups is 1. The third kappa shape index (κ3) is 3.99. The Labute approximate surface area is 122 Å². The van der Waals surface area contributed by atoms with Crippen molar-refractivity contribution in [2.24, 2.45) is 0 Å². The predicted molar refractivity (Wildman–Crippen MR) is 77.9 cm³/mol. The molecule has 2 rings (SSSR count). The molecule has 0 aliphatic carbocycles. The third-order valence-electron chi connectivity index (χ3n) is 3.23. The number of unbranched alkanes of at least 4 members (excludes halogenated alkanes) is 1. The van der Waals surface area contributed by atoms with Crippen LogP contribution in [-0.2, 0) is 6.54 Å². The van der Waals surface area contributed by atoms with Crippen LogP contribution in [-0.4, -0.2) is 39.6 Å². The molecule has 7 nitrogen and oxygen atoms in total. The van der Waals surface area contributed by atoms with E-state index in [1.54, 1.807) is 6.07 Å². The summed E-state index contributed by atoms with van der Waals surface area (Å²) in [6, 6.07) is 4.37. The highest BCUT2D eigenvalue weighted by molar-refractivity contribution is 5.75. The zero-order valence-electron chi connectivity index (χ0n) is 12.0. The first-order valence-corrected chi connectivity index (χ1v) is 7.01. The molecule has 7 heteroatoms. The number of nitro benzene ring substituents is 1. The molecule has 1 aromatic heterocycles. The van der Waals surface area contributed by atoms with E-state index in [-0.39, 0.29) is 12.3 Å². The van der Waals surface area contributed by atoms with Crippen molar-refractivity contribution in [1.29, 1.82) is 0 Å². The molecule has 0 amide bonds. The monoisotopic (exact) mass is 293 g/mol. The Morgan fingerprint density at radius 2 is 2.24 bits per heavy atom. The summed E-state index contributed by atoms with van der Waals surface area (Å²) in [7, 11) is 0. The normalized spacial score (nSPS) is 11.4. The lowest BCUT2D eigenvalue weighted by molar-refractivity contribution is -0.384. The van der Waals surface area contributed by atoms with Gasteiger partial charge in [0.1, 0.15) is 5.52 Å². The lowest BCUT2D eigenvalue weighted by Crippen LogP contribution is -2.27. The molecule has 2 aromatic rings. The topological polar surface area (TPSA) is 92.6 Å². The number of hydrogen-bond acceptors (Lipinski definition) is 6. The molecule has 114 valence electrons. The molecule has 1 aromatic carbocycles. The minimum atomic E-state index is -0.451. The number of rotatable bonds is 8. The van der Waals surface area contributed by atoms with Crippen molar-refractivity contribution in [3.8, 4) is 0 Å². The van der Waals surface area contributed by atoms with E-state index in [1.165, 1.54) is 12.1 Å². The number of aliphatic hydroxyl groups excluding tert-OH is 1. The van der Waals surface area contributed by atoms with Gasteiger partial charge in [-0.15, -0.1) is 0 Å². The van der Waals surface area contributed by atoms with Crippen LogP contribution in [0.25, 0.3) is 11.1 Å². The van der Waals surface area contributed by atoms with Gasteiger partial charge in [0.2, 0.25) is 5.89 Å². The van der Waals surface area contributed by atoms with Crippen molar-refractivity contribution in [2.75, 3.05) is 19.7 Å². The van der Waals surface area contributed by atoms with Gasteiger partial charge in [-0.25, -0.2) is 4.98 Å². The first-order valence-electron chi connectivity index (χ1n) is 7.01. The van der Waals surface area contributed by atoms with Gasteiger partial charge in [-0.1, -0.05) is 13.3 Å². The summed E-state index contributed by atoms with van der Waals surface area (Å²) in [5, 5.41) is 19.8. The lowest BCUT2D eigenvalue weighted by Gasteiger charge is -2.18. The Balaban J connectivity index is 2.15. The maximum atomic E-state index is 10.7. The van der Waals surface area contributed by atoms with E-state index >= 15 is 0 Å². The molecule has 0 atom stereocenters. The van der Waals surface area contributed by atoms with Gasteiger partial charge in [0.25, 0.3) is 5.69 Å². The average molecular weight is 293 g/mol. The maximum absolute atomic E-state index is 10.7. The Kier molecular flexibility index (Phi) is 5.24. The summed E-state index contributed by atoms with van der Waals surface area (Å²) in [6.07, 6.45) is 2.10. The number of non-ortho nitro benzene ring substituents is 1. The number of fused-ring (bicyclic) bond motifs is 1. The van der Waals surface area contributed by atoms with E-state index < -0.39 is 4.92 Å². The van der Waals surface area contributed by atoms with Gasteiger partial charge in [-0.3, -0.25) is 15.0 Å². The van der Waals surface area contributed by atoms with Gasteiger partial charge in [0.15, 0.2) is 5.58 Å². The molecular formula is C14H19N3O4. The fourth-order valence-corrected chi connectivity index (χ4v) is 2.13. The summed E-state index contributed by atoms with van der Waals surface area (Å²) in [6.45, 7) is 4.09. The molecule has 21 heavy (non-hydrogen) atoms. The van der Waals surface area contributed by atoms with Crippen molar-refractivity contribution >= 4 is 16.8 Å². The summed E-state index contributed by atoms with van der Waals surface area (Å²) in [4.78, 5) is 16.6. The summed E-state index contributed by atoms with van der Waals surface area (Å²) in [5.74, 6) is 0.509. The van der Waals surface area contributed by atoms with Crippen molar-refractivity contribution in [1.82, 2.24) is 9.88 Å². The fraction of sp³-hybridized carbons (Fsp3) is 0.500. The molecule has 1 N–H and O–H groups in total. The lowest BCUT2D eigenvalue weighted by atomic mass is 10.3. The highest BCUT2D eigenvalue weighted by Gasteiger charge is 2.14. The minimum absolute atomic E-state index is 0.000507. The Bertz CT molecular complexity index is 611. The second-order valence-electron chi connectivity index (χ2n) is 4.87. The molecule has 0 fully saturated rings. The van der Waals surface area contributed by atoms with Gasteiger partial charge in [0.05, 0.1) is 18.1 Å². The summed E-state index contributed by atoms with van der Waals surface area (Å²) in [5.41, 5.74) is 1.02. The van der Waals surface area contributed by atoms with Crippen LogP contribution in [0.5, 0.6) is 0 Å². The fourth-order valence-electron chi connectivity index (χ4n) is 2.13. The molecule has 0 bridgehead atoms. The van der Waals surface area contributed by atoms with Crippen LogP contribution in [0.2, 0.25) is 0 Å². The molecular weight excluding hydrogens is 274 g/mol. The molecule has 0 spiro atoms. The number of nitrogens with zero attached hydrogens (tertiary/aromatic N) is 3. The smallest absolute Gasteiger partial charge is 0.271 e. The average Bonchev–Trinajstić information content (AvgIpc) is 2.86. The molecule has 0 saturated heterocycles. The Morgan fingerprint density at radius 3 is 2.90 bits per heavy atom. The van der Waals surface area contributed by atoms with E-state index in [0.717, 1.165) is 19.4 Å². The van der Waals surface area contributed by atoms with E-state index in [9.17, 15) is 10.1 Å².